The van der Waals surface area contributed by atoms with Crippen molar-refractivity contribution in [2.75, 3.05) is 42.8 Å². The molecule has 1 fully saturated rings. The Morgan fingerprint density at radius 3 is 1.85 bits per heavy atom. The fourth-order valence-electron chi connectivity index (χ4n) is 4.87. The summed E-state index contributed by atoms with van der Waals surface area (Å²) in [6.07, 6.45) is 8.47. The maximum atomic E-state index is 11.4. The Morgan fingerprint density at radius 1 is 0.765 bits per heavy atom. The third-order valence-electron chi connectivity index (χ3n) is 6.37. The van der Waals surface area contributed by atoms with E-state index >= 15 is 0 Å². The molecule has 9 heteroatoms. The highest BCUT2D eigenvalue weighted by atomic mass is 32.2. The third-order valence-corrected chi connectivity index (χ3v) is 12.3. The van der Waals surface area contributed by atoms with Gasteiger partial charge in [0, 0.05) is 51.2 Å². The van der Waals surface area contributed by atoms with Crippen molar-refractivity contribution in [2.24, 2.45) is 17.8 Å². The van der Waals surface area contributed by atoms with Gasteiger partial charge in [-0.15, -0.1) is 0 Å². The van der Waals surface area contributed by atoms with Gasteiger partial charge >= 0.3 is 8.80 Å². The van der Waals surface area contributed by atoms with E-state index < -0.39 is 8.80 Å². The van der Waals surface area contributed by atoms with Crippen LogP contribution in [0.2, 0.25) is 6.04 Å². The van der Waals surface area contributed by atoms with Crippen LogP contribution in [-0.4, -0.2) is 61.9 Å². The average molecular weight is 553 g/mol. The van der Waals surface area contributed by atoms with Crippen LogP contribution in [0, 0.1) is 17.8 Å². The summed E-state index contributed by atoms with van der Waals surface area (Å²) in [5, 5.41) is 0.440. The lowest BCUT2D eigenvalue weighted by atomic mass is 9.71. The van der Waals surface area contributed by atoms with Crippen LogP contribution < -0.4 is 0 Å². The summed E-state index contributed by atoms with van der Waals surface area (Å²) in [6, 6.07) is 0.898. The smallest absolute Gasteiger partial charge is 0.374 e. The molecule has 0 aromatic heterocycles. The highest BCUT2D eigenvalue weighted by Gasteiger charge is 2.39. The average Bonchev–Trinajstić information content (AvgIpc) is 2.77. The fourth-order valence-corrected chi connectivity index (χ4v) is 10.2. The molecule has 0 aromatic carbocycles. The standard InChI is InChI=1S/C25H48O5S3Si/c1-6-28-34(29-7-2,30-8-3)19-9-15-31-16-12-23-10-11-24(13-17-32-21(4)26)25(20-23)14-18-33-22(5)27/h23-25H,6-20H2,1-5H3. The number of hydrogen-bond acceptors (Lipinski definition) is 8. The minimum atomic E-state index is -2.51. The zero-order chi connectivity index (χ0) is 25.2. The molecule has 0 radical (unpaired) electrons. The van der Waals surface area contributed by atoms with Crippen molar-refractivity contribution in [2.45, 2.75) is 85.6 Å². The van der Waals surface area contributed by atoms with Gasteiger partial charge in [-0.3, -0.25) is 9.59 Å². The van der Waals surface area contributed by atoms with Crippen molar-refractivity contribution in [3.05, 3.63) is 0 Å². The zero-order valence-electron chi connectivity index (χ0n) is 22.1. The first-order chi connectivity index (χ1) is 16.4. The first kappa shape index (κ1) is 32.5. The number of thioether (sulfide) groups is 3. The molecule has 0 bridgehead atoms. The number of rotatable bonds is 19. The van der Waals surface area contributed by atoms with E-state index in [1.165, 1.54) is 55.0 Å². The van der Waals surface area contributed by atoms with Gasteiger partial charge in [-0.25, -0.2) is 0 Å². The van der Waals surface area contributed by atoms with Gasteiger partial charge in [0.2, 0.25) is 0 Å². The third kappa shape index (κ3) is 14.3. The molecule has 3 atom stereocenters. The van der Waals surface area contributed by atoms with Crippen LogP contribution in [0.3, 0.4) is 0 Å². The molecule has 0 aromatic rings. The van der Waals surface area contributed by atoms with E-state index in [0.717, 1.165) is 48.5 Å². The zero-order valence-corrected chi connectivity index (χ0v) is 25.6. The molecule has 0 saturated heterocycles. The summed E-state index contributed by atoms with van der Waals surface area (Å²) in [4.78, 5) is 22.7. The van der Waals surface area contributed by atoms with Crippen LogP contribution in [0.25, 0.3) is 0 Å². The first-order valence-electron chi connectivity index (χ1n) is 13.1. The number of carbonyl (C=O) groups is 2. The monoisotopic (exact) mass is 552 g/mol. The van der Waals surface area contributed by atoms with E-state index in [-0.39, 0.29) is 10.2 Å². The van der Waals surface area contributed by atoms with Crippen molar-refractivity contribution in [3.63, 3.8) is 0 Å². The minimum absolute atomic E-state index is 0.220. The Kier molecular flexibility index (Phi) is 18.7. The summed E-state index contributed by atoms with van der Waals surface area (Å²) in [5.41, 5.74) is 0. The van der Waals surface area contributed by atoms with Gasteiger partial charge < -0.3 is 13.3 Å². The summed E-state index contributed by atoms with van der Waals surface area (Å²) in [6.45, 7) is 11.3. The Balaban J connectivity index is 2.40. The van der Waals surface area contributed by atoms with Gasteiger partial charge in [0.05, 0.1) is 0 Å². The molecule has 1 aliphatic carbocycles. The van der Waals surface area contributed by atoms with Crippen molar-refractivity contribution in [3.8, 4) is 0 Å². The van der Waals surface area contributed by atoms with E-state index in [4.69, 9.17) is 13.3 Å². The van der Waals surface area contributed by atoms with Crippen molar-refractivity contribution in [1.29, 1.82) is 0 Å². The quantitative estimate of drug-likeness (QED) is 0.126. The molecule has 200 valence electrons. The van der Waals surface area contributed by atoms with Gasteiger partial charge in [-0.05, 0) is 88.6 Å². The molecule has 5 nitrogen and oxygen atoms in total. The Hall–Kier alpha value is 0.487. The topological polar surface area (TPSA) is 61.8 Å². The lowest BCUT2D eigenvalue weighted by molar-refractivity contribution is -0.109. The van der Waals surface area contributed by atoms with E-state index in [2.05, 4.69) is 0 Å². The molecule has 0 amide bonds. The van der Waals surface area contributed by atoms with E-state index in [0.29, 0.717) is 31.7 Å². The molecule has 0 aliphatic heterocycles. The first-order valence-corrected chi connectivity index (χ1v) is 18.2. The van der Waals surface area contributed by atoms with Gasteiger partial charge in [0.15, 0.2) is 10.2 Å². The minimum Gasteiger partial charge on any atom is -0.374 e. The van der Waals surface area contributed by atoms with Crippen molar-refractivity contribution in [1.82, 2.24) is 0 Å². The molecule has 1 rings (SSSR count). The highest BCUT2D eigenvalue weighted by Crippen LogP contribution is 2.40. The SMILES string of the molecule is CCO[Si](CCCSCCC1CCC(CCSC(C)=O)C(CCSC(C)=O)C1)(OCC)OCC. The maximum Gasteiger partial charge on any atom is 0.500 e. The van der Waals surface area contributed by atoms with Gasteiger partial charge in [0.25, 0.3) is 0 Å². The summed E-state index contributed by atoms with van der Waals surface area (Å²) in [7, 11) is -2.51. The molecule has 0 heterocycles. The second-order valence-corrected chi connectivity index (χ2v) is 15.4. The maximum absolute atomic E-state index is 11.4. The van der Waals surface area contributed by atoms with Crippen LogP contribution in [0.4, 0.5) is 0 Å². The predicted molar refractivity (Wildman–Crippen MR) is 152 cm³/mol. The molecule has 0 spiro atoms. The molecule has 34 heavy (non-hydrogen) atoms. The fraction of sp³-hybridized carbons (Fsp3) is 0.920. The summed E-state index contributed by atoms with van der Waals surface area (Å²) in [5.74, 6) is 6.39. The largest absolute Gasteiger partial charge is 0.500 e. The number of hydrogen-bond donors (Lipinski definition) is 0. The Morgan fingerprint density at radius 2 is 1.32 bits per heavy atom. The molecule has 1 saturated carbocycles. The predicted octanol–water partition coefficient (Wildman–Crippen LogP) is 6.92. The van der Waals surface area contributed by atoms with Crippen molar-refractivity contribution >= 4 is 54.3 Å². The van der Waals surface area contributed by atoms with Gasteiger partial charge in [0.1, 0.15) is 0 Å². The normalized spacial score (nSPS) is 21.0. The van der Waals surface area contributed by atoms with Crippen LogP contribution >= 0.6 is 35.3 Å². The second kappa shape index (κ2) is 19.6. The number of carbonyl (C=O) groups excluding carboxylic acids is 2. The summed E-state index contributed by atoms with van der Waals surface area (Å²) >= 11 is 4.98. The van der Waals surface area contributed by atoms with E-state index in [1.54, 1.807) is 13.8 Å². The van der Waals surface area contributed by atoms with Crippen molar-refractivity contribution < 1.29 is 22.9 Å². The van der Waals surface area contributed by atoms with Gasteiger partial charge in [-0.1, -0.05) is 29.9 Å². The molecular formula is C25H48O5S3Si. The molecule has 1 aliphatic rings. The summed E-state index contributed by atoms with van der Waals surface area (Å²) < 4.78 is 17.9. The van der Waals surface area contributed by atoms with E-state index in [9.17, 15) is 9.59 Å². The van der Waals surface area contributed by atoms with Gasteiger partial charge in [-0.2, -0.15) is 11.8 Å². The van der Waals surface area contributed by atoms with Crippen LogP contribution in [0.15, 0.2) is 0 Å². The molecule has 3 unspecified atom stereocenters. The Bertz CT molecular complexity index is 550. The van der Waals surface area contributed by atoms with Crippen LogP contribution in [-0.2, 0) is 22.9 Å². The Labute approximate surface area is 222 Å². The second-order valence-electron chi connectivity index (χ2n) is 8.94. The van der Waals surface area contributed by atoms with Crippen LogP contribution in [0.5, 0.6) is 0 Å². The van der Waals surface area contributed by atoms with Crippen LogP contribution in [0.1, 0.15) is 79.6 Å². The highest BCUT2D eigenvalue weighted by molar-refractivity contribution is 8.13. The lowest BCUT2D eigenvalue weighted by Crippen LogP contribution is -2.46. The molecular weight excluding hydrogens is 505 g/mol. The lowest BCUT2D eigenvalue weighted by Gasteiger charge is -2.36. The molecule has 0 N–H and O–H groups in total. The van der Waals surface area contributed by atoms with E-state index in [1.807, 2.05) is 32.5 Å².